The molecule has 0 saturated heterocycles. The molecule has 3 rings (SSSR count). The van der Waals surface area contributed by atoms with Crippen LogP contribution in [0.4, 0.5) is 0 Å². The molecule has 1 heteroatoms. The molecule has 3 aliphatic carbocycles. The summed E-state index contributed by atoms with van der Waals surface area (Å²) >= 11 is 0. The zero-order valence-corrected chi connectivity index (χ0v) is 7.05. The predicted octanol–water partition coefficient (Wildman–Crippen LogP) is 1.91. The van der Waals surface area contributed by atoms with E-state index in [0.717, 1.165) is 17.8 Å². The molecule has 0 amide bonds. The Bertz CT molecular complexity index is 189. The minimum Gasteiger partial charge on any atom is -0.325 e. The van der Waals surface area contributed by atoms with Crippen LogP contribution in [-0.2, 0) is 0 Å². The molecule has 2 bridgehead atoms. The molecular formula is C10H17N. The first-order chi connectivity index (χ1) is 5.31. The molecule has 0 unspecified atom stereocenters. The highest BCUT2D eigenvalue weighted by atomic mass is 14.9. The Balaban J connectivity index is 2.00. The van der Waals surface area contributed by atoms with Crippen LogP contribution in [0.3, 0.4) is 0 Å². The number of rotatable bonds is 0. The molecule has 2 N–H and O–H groups in total. The second-order valence-corrected chi connectivity index (χ2v) is 4.88. The van der Waals surface area contributed by atoms with E-state index in [4.69, 9.17) is 5.73 Å². The molecule has 0 radical (unpaired) electrons. The predicted molar refractivity (Wildman–Crippen MR) is 45.1 cm³/mol. The van der Waals surface area contributed by atoms with Crippen LogP contribution in [0.15, 0.2) is 0 Å². The fourth-order valence-corrected chi connectivity index (χ4v) is 4.13. The van der Waals surface area contributed by atoms with Gasteiger partial charge in [0.15, 0.2) is 0 Å². The van der Waals surface area contributed by atoms with E-state index in [1.807, 2.05) is 0 Å². The number of fused-ring (bicyclic) bond motifs is 5. The zero-order valence-electron chi connectivity index (χ0n) is 7.05. The molecule has 3 aliphatic rings. The average molecular weight is 151 g/mol. The summed E-state index contributed by atoms with van der Waals surface area (Å²) in [5.41, 5.74) is 6.77. The van der Waals surface area contributed by atoms with E-state index >= 15 is 0 Å². The lowest BCUT2D eigenvalue weighted by atomic mass is 9.76. The third-order valence-corrected chi connectivity index (χ3v) is 4.62. The first-order valence-corrected chi connectivity index (χ1v) is 5.09. The maximum absolute atomic E-state index is 6.45. The van der Waals surface area contributed by atoms with Gasteiger partial charge in [0, 0.05) is 5.54 Å². The zero-order chi connectivity index (χ0) is 7.47. The minimum atomic E-state index is 0.322. The van der Waals surface area contributed by atoms with Crippen LogP contribution in [0.25, 0.3) is 0 Å². The molecule has 0 heterocycles. The number of nitrogens with two attached hydrogens (primary N) is 1. The first kappa shape index (κ1) is 6.47. The maximum atomic E-state index is 6.45. The van der Waals surface area contributed by atoms with E-state index in [9.17, 15) is 0 Å². The second kappa shape index (κ2) is 1.82. The van der Waals surface area contributed by atoms with Gasteiger partial charge in [0.25, 0.3) is 0 Å². The topological polar surface area (TPSA) is 26.0 Å². The van der Waals surface area contributed by atoms with Gasteiger partial charge in [0.2, 0.25) is 0 Å². The molecule has 0 aromatic heterocycles. The SMILES string of the molecule is N[C@@]12CCC[C@@H]1[C@H]1CC[C@H]2C1. The smallest absolute Gasteiger partial charge is 0.0214 e. The first-order valence-electron chi connectivity index (χ1n) is 5.09. The third-order valence-electron chi connectivity index (χ3n) is 4.62. The van der Waals surface area contributed by atoms with Crippen LogP contribution in [0.1, 0.15) is 38.5 Å². The molecule has 0 aromatic rings. The van der Waals surface area contributed by atoms with E-state index in [1.165, 1.54) is 38.5 Å². The van der Waals surface area contributed by atoms with Gasteiger partial charge in [-0.05, 0) is 49.9 Å². The molecule has 0 spiro atoms. The molecule has 0 aliphatic heterocycles. The molecular weight excluding hydrogens is 134 g/mol. The van der Waals surface area contributed by atoms with Crippen molar-refractivity contribution >= 4 is 0 Å². The average Bonchev–Trinajstić information content (AvgIpc) is 2.54. The molecule has 11 heavy (non-hydrogen) atoms. The van der Waals surface area contributed by atoms with Gasteiger partial charge in [-0.25, -0.2) is 0 Å². The minimum absolute atomic E-state index is 0.322. The van der Waals surface area contributed by atoms with E-state index < -0.39 is 0 Å². The number of hydrogen-bond acceptors (Lipinski definition) is 1. The van der Waals surface area contributed by atoms with Crippen molar-refractivity contribution in [2.75, 3.05) is 0 Å². The van der Waals surface area contributed by atoms with Crippen molar-refractivity contribution in [3.05, 3.63) is 0 Å². The summed E-state index contributed by atoms with van der Waals surface area (Å²) in [6.07, 6.45) is 8.60. The van der Waals surface area contributed by atoms with Crippen molar-refractivity contribution in [3.8, 4) is 0 Å². The second-order valence-electron chi connectivity index (χ2n) is 4.88. The highest BCUT2D eigenvalue weighted by Crippen LogP contribution is 2.59. The van der Waals surface area contributed by atoms with E-state index in [-0.39, 0.29) is 0 Å². The van der Waals surface area contributed by atoms with Gasteiger partial charge in [0.05, 0.1) is 0 Å². The Labute approximate surface area is 68.3 Å². The lowest BCUT2D eigenvalue weighted by Gasteiger charge is -2.35. The molecule has 4 atom stereocenters. The Morgan fingerprint density at radius 2 is 2.09 bits per heavy atom. The van der Waals surface area contributed by atoms with E-state index in [2.05, 4.69) is 0 Å². The van der Waals surface area contributed by atoms with Crippen LogP contribution >= 0.6 is 0 Å². The highest BCUT2D eigenvalue weighted by Gasteiger charge is 2.57. The fraction of sp³-hybridized carbons (Fsp3) is 1.00. The van der Waals surface area contributed by atoms with Gasteiger partial charge in [-0.3, -0.25) is 0 Å². The van der Waals surface area contributed by atoms with E-state index in [0.29, 0.717) is 5.54 Å². The lowest BCUT2D eigenvalue weighted by molar-refractivity contribution is 0.210. The van der Waals surface area contributed by atoms with Crippen LogP contribution < -0.4 is 5.73 Å². The summed E-state index contributed by atoms with van der Waals surface area (Å²) in [6.45, 7) is 0. The van der Waals surface area contributed by atoms with Gasteiger partial charge < -0.3 is 5.73 Å². The van der Waals surface area contributed by atoms with Gasteiger partial charge >= 0.3 is 0 Å². The van der Waals surface area contributed by atoms with Crippen molar-refractivity contribution in [1.82, 2.24) is 0 Å². The Morgan fingerprint density at radius 1 is 1.18 bits per heavy atom. The van der Waals surface area contributed by atoms with Crippen molar-refractivity contribution in [2.45, 2.75) is 44.1 Å². The van der Waals surface area contributed by atoms with Gasteiger partial charge in [-0.15, -0.1) is 0 Å². The van der Waals surface area contributed by atoms with Crippen LogP contribution in [-0.4, -0.2) is 5.54 Å². The third kappa shape index (κ3) is 0.618. The monoisotopic (exact) mass is 151 g/mol. The Hall–Kier alpha value is -0.0400. The van der Waals surface area contributed by atoms with Crippen molar-refractivity contribution in [2.24, 2.45) is 23.5 Å². The summed E-state index contributed by atoms with van der Waals surface area (Å²) in [5, 5.41) is 0. The van der Waals surface area contributed by atoms with Crippen molar-refractivity contribution in [3.63, 3.8) is 0 Å². The number of hydrogen-bond donors (Lipinski definition) is 1. The molecule has 62 valence electrons. The van der Waals surface area contributed by atoms with Gasteiger partial charge in [0.1, 0.15) is 0 Å². The Kier molecular flexibility index (Phi) is 1.07. The van der Waals surface area contributed by atoms with Gasteiger partial charge in [-0.2, -0.15) is 0 Å². The van der Waals surface area contributed by atoms with Crippen LogP contribution in [0.5, 0.6) is 0 Å². The van der Waals surface area contributed by atoms with Crippen LogP contribution in [0.2, 0.25) is 0 Å². The summed E-state index contributed by atoms with van der Waals surface area (Å²) in [5.74, 6) is 2.88. The van der Waals surface area contributed by atoms with Gasteiger partial charge in [-0.1, -0.05) is 6.42 Å². The maximum Gasteiger partial charge on any atom is 0.0214 e. The molecule has 3 saturated carbocycles. The molecule has 1 nitrogen and oxygen atoms in total. The Morgan fingerprint density at radius 3 is 2.91 bits per heavy atom. The summed E-state index contributed by atoms with van der Waals surface area (Å²) in [7, 11) is 0. The fourth-order valence-electron chi connectivity index (χ4n) is 4.13. The molecule has 3 fully saturated rings. The summed E-state index contributed by atoms with van der Waals surface area (Å²) < 4.78 is 0. The normalized spacial score (nSPS) is 60.3. The van der Waals surface area contributed by atoms with Crippen molar-refractivity contribution in [1.29, 1.82) is 0 Å². The quantitative estimate of drug-likeness (QED) is 0.562. The molecule has 0 aromatic carbocycles. The van der Waals surface area contributed by atoms with Crippen molar-refractivity contribution < 1.29 is 0 Å². The summed E-state index contributed by atoms with van der Waals surface area (Å²) in [4.78, 5) is 0. The lowest BCUT2D eigenvalue weighted by Crippen LogP contribution is -2.47. The van der Waals surface area contributed by atoms with Crippen LogP contribution in [0, 0.1) is 17.8 Å². The summed E-state index contributed by atoms with van der Waals surface area (Å²) in [6, 6.07) is 0. The van der Waals surface area contributed by atoms with E-state index in [1.54, 1.807) is 0 Å². The highest BCUT2D eigenvalue weighted by molar-refractivity contribution is 5.12. The largest absolute Gasteiger partial charge is 0.325 e. The standard InChI is InChI=1S/C10H17N/c11-10-5-1-2-9(10)7-3-4-8(10)6-7/h7-9H,1-6,11H2/t7-,8-,9+,10+/m0/s1.